The zero-order valence-corrected chi connectivity index (χ0v) is 17.7. The van der Waals surface area contributed by atoms with Gasteiger partial charge in [0.15, 0.2) is 0 Å². The number of amides is 1. The molecule has 5 nitrogen and oxygen atoms in total. The predicted molar refractivity (Wildman–Crippen MR) is 127 cm³/mol. The molecule has 0 fully saturated rings. The van der Waals surface area contributed by atoms with Crippen LogP contribution in [0.2, 0.25) is 0 Å². The molecule has 0 aliphatic rings. The second-order valence-corrected chi connectivity index (χ2v) is 7.36. The molecule has 0 radical (unpaired) electrons. The number of aromatic nitrogens is 1. The van der Waals surface area contributed by atoms with Gasteiger partial charge in [-0.1, -0.05) is 78.4 Å². The van der Waals surface area contributed by atoms with Crippen molar-refractivity contribution >= 4 is 12.1 Å². The molecule has 0 aliphatic heterocycles. The van der Waals surface area contributed by atoms with Crippen molar-refractivity contribution in [2.45, 2.75) is 13.3 Å². The summed E-state index contributed by atoms with van der Waals surface area (Å²) in [5.74, 6) is -0.439. The monoisotopic (exact) mass is 418 g/mol. The molecule has 1 heterocycles. The predicted octanol–water partition coefficient (Wildman–Crippen LogP) is 5.48. The second-order valence-electron chi connectivity index (χ2n) is 7.36. The van der Waals surface area contributed by atoms with Gasteiger partial charge in [-0.2, -0.15) is 10.4 Å². The van der Waals surface area contributed by atoms with Crippen LogP contribution in [0.15, 0.2) is 96.1 Å². The van der Waals surface area contributed by atoms with Gasteiger partial charge < -0.3 is 4.57 Å². The zero-order chi connectivity index (χ0) is 22.3. The highest BCUT2D eigenvalue weighted by Crippen LogP contribution is 2.35. The Morgan fingerprint density at radius 2 is 1.59 bits per heavy atom. The lowest BCUT2D eigenvalue weighted by Gasteiger charge is -2.15. The fourth-order valence-corrected chi connectivity index (χ4v) is 3.59. The Labute approximate surface area is 187 Å². The molecule has 0 atom stereocenters. The number of benzene rings is 3. The SMILES string of the molecule is Cc1ccc(-n2c(-c3ccccc3)cc(/C=N\NC(=O)CC#N)c2-c2ccccc2)cc1. The van der Waals surface area contributed by atoms with Gasteiger partial charge in [0.05, 0.1) is 23.7 Å². The molecule has 1 N–H and O–H groups in total. The van der Waals surface area contributed by atoms with E-state index >= 15 is 0 Å². The highest BCUT2D eigenvalue weighted by molar-refractivity contribution is 5.94. The number of rotatable bonds is 6. The van der Waals surface area contributed by atoms with Crippen LogP contribution in [0.4, 0.5) is 0 Å². The Morgan fingerprint density at radius 3 is 2.22 bits per heavy atom. The van der Waals surface area contributed by atoms with Gasteiger partial charge in [-0.15, -0.1) is 0 Å². The summed E-state index contributed by atoms with van der Waals surface area (Å²) in [6.45, 7) is 2.07. The van der Waals surface area contributed by atoms with Crippen LogP contribution in [0.3, 0.4) is 0 Å². The number of carbonyl (C=O) groups is 1. The first-order chi connectivity index (χ1) is 15.7. The van der Waals surface area contributed by atoms with E-state index in [1.54, 1.807) is 6.21 Å². The molecule has 0 saturated heterocycles. The molecule has 32 heavy (non-hydrogen) atoms. The summed E-state index contributed by atoms with van der Waals surface area (Å²) in [5, 5.41) is 12.8. The zero-order valence-electron chi connectivity index (χ0n) is 17.7. The number of carbonyl (C=O) groups excluding carboxylic acids is 1. The van der Waals surface area contributed by atoms with Gasteiger partial charge in [0.25, 0.3) is 5.91 Å². The van der Waals surface area contributed by atoms with E-state index in [9.17, 15) is 4.79 Å². The summed E-state index contributed by atoms with van der Waals surface area (Å²) in [6.07, 6.45) is 1.40. The molecular weight excluding hydrogens is 396 g/mol. The molecule has 0 bridgehead atoms. The molecule has 4 rings (SSSR count). The lowest BCUT2D eigenvalue weighted by Crippen LogP contribution is -2.16. The molecule has 0 aliphatic carbocycles. The first-order valence-electron chi connectivity index (χ1n) is 10.3. The summed E-state index contributed by atoms with van der Waals surface area (Å²) in [4.78, 5) is 11.7. The molecule has 1 aromatic heterocycles. The molecule has 0 unspecified atom stereocenters. The van der Waals surface area contributed by atoms with E-state index in [2.05, 4.69) is 76.6 Å². The maximum absolute atomic E-state index is 11.7. The quantitative estimate of drug-likeness (QED) is 0.333. The average molecular weight is 419 g/mol. The Bertz CT molecular complexity index is 1280. The Hall–Kier alpha value is -4.43. The number of hydrogen-bond donors (Lipinski definition) is 1. The lowest BCUT2D eigenvalue weighted by atomic mass is 10.1. The van der Waals surface area contributed by atoms with Crippen LogP contribution >= 0.6 is 0 Å². The third-order valence-electron chi connectivity index (χ3n) is 5.07. The molecule has 156 valence electrons. The summed E-state index contributed by atoms with van der Waals surface area (Å²) >= 11 is 0. The standard InChI is InChI=1S/C27H22N4O/c1-20-12-14-24(15-13-20)31-25(21-8-4-2-5-9-21)18-23(19-29-30-26(32)16-17-28)27(31)22-10-6-3-7-11-22/h2-15,18-19H,16H2,1H3,(H,30,32)/b29-19-. The number of nitrogens with zero attached hydrogens (tertiary/aromatic N) is 3. The molecule has 0 saturated carbocycles. The highest BCUT2D eigenvalue weighted by Gasteiger charge is 2.18. The molecular formula is C27H22N4O. The first-order valence-corrected chi connectivity index (χ1v) is 10.3. The van der Waals surface area contributed by atoms with Crippen LogP contribution in [0.25, 0.3) is 28.2 Å². The summed E-state index contributed by atoms with van der Waals surface area (Å²) in [7, 11) is 0. The summed E-state index contributed by atoms with van der Waals surface area (Å²) < 4.78 is 2.21. The molecule has 4 aromatic rings. The Kier molecular flexibility index (Phi) is 6.24. The Balaban J connectivity index is 1.93. The normalized spacial score (nSPS) is 10.8. The highest BCUT2D eigenvalue weighted by atomic mass is 16.2. The van der Waals surface area contributed by atoms with Crippen molar-refractivity contribution in [1.82, 2.24) is 9.99 Å². The van der Waals surface area contributed by atoms with E-state index in [0.29, 0.717) is 0 Å². The van der Waals surface area contributed by atoms with E-state index in [1.165, 1.54) is 5.56 Å². The number of nitriles is 1. The van der Waals surface area contributed by atoms with Crippen LogP contribution < -0.4 is 5.43 Å². The molecule has 1 amide bonds. The fraction of sp³-hybridized carbons (Fsp3) is 0.0741. The summed E-state index contributed by atoms with van der Waals surface area (Å²) in [6, 6.07) is 32.5. The van der Waals surface area contributed by atoms with Gasteiger partial charge in [-0.3, -0.25) is 4.79 Å². The van der Waals surface area contributed by atoms with Crippen molar-refractivity contribution < 1.29 is 4.79 Å². The van der Waals surface area contributed by atoms with E-state index in [0.717, 1.165) is 33.8 Å². The smallest absolute Gasteiger partial charge is 0.254 e. The molecule has 5 heteroatoms. The van der Waals surface area contributed by atoms with Gasteiger partial charge in [0.2, 0.25) is 0 Å². The van der Waals surface area contributed by atoms with E-state index in [4.69, 9.17) is 5.26 Å². The van der Waals surface area contributed by atoms with Crippen LogP contribution in [-0.4, -0.2) is 16.7 Å². The third-order valence-corrected chi connectivity index (χ3v) is 5.07. The number of hydrazone groups is 1. The average Bonchev–Trinajstić information content (AvgIpc) is 3.20. The lowest BCUT2D eigenvalue weighted by molar-refractivity contribution is -0.120. The van der Waals surface area contributed by atoms with Gasteiger partial charge in [0.1, 0.15) is 6.42 Å². The van der Waals surface area contributed by atoms with Crippen LogP contribution in [0.1, 0.15) is 17.5 Å². The van der Waals surface area contributed by atoms with Gasteiger partial charge >= 0.3 is 0 Å². The molecule has 3 aromatic carbocycles. The van der Waals surface area contributed by atoms with E-state index in [1.807, 2.05) is 42.5 Å². The van der Waals surface area contributed by atoms with Crippen molar-refractivity contribution in [2.75, 3.05) is 0 Å². The van der Waals surface area contributed by atoms with Crippen LogP contribution in [-0.2, 0) is 4.79 Å². The van der Waals surface area contributed by atoms with Crippen molar-refractivity contribution in [2.24, 2.45) is 5.10 Å². The molecule has 0 spiro atoms. The summed E-state index contributed by atoms with van der Waals surface area (Å²) in [5.41, 5.74) is 9.57. The largest absolute Gasteiger partial charge is 0.309 e. The number of nitrogens with one attached hydrogen (secondary N) is 1. The minimum absolute atomic E-state index is 0.234. The number of hydrogen-bond acceptors (Lipinski definition) is 3. The maximum atomic E-state index is 11.7. The van der Waals surface area contributed by atoms with Crippen molar-refractivity contribution in [3.05, 3.63) is 102 Å². The first kappa shape index (κ1) is 20.8. The van der Waals surface area contributed by atoms with E-state index in [-0.39, 0.29) is 6.42 Å². The van der Waals surface area contributed by atoms with Gasteiger partial charge in [-0.25, -0.2) is 5.43 Å². The van der Waals surface area contributed by atoms with Crippen LogP contribution in [0.5, 0.6) is 0 Å². The van der Waals surface area contributed by atoms with Gasteiger partial charge in [-0.05, 0) is 36.2 Å². The van der Waals surface area contributed by atoms with Crippen molar-refractivity contribution in [3.63, 3.8) is 0 Å². The second kappa shape index (κ2) is 9.59. The van der Waals surface area contributed by atoms with Crippen molar-refractivity contribution in [1.29, 1.82) is 5.26 Å². The minimum Gasteiger partial charge on any atom is -0.309 e. The third kappa shape index (κ3) is 4.50. The number of aryl methyl sites for hydroxylation is 1. The topological polar surface area (TPSA) is 70.2 Å². The fourth-order valence-electron chi connectivity index (χ4n) is 3.59. The minimum atomic E-state index is -0.439. The van der Waals surface area contributed by atoms with Gasteiger partial charge in [0, 0.05) is 11.3 Å². The van der Waals surface area contributed by atoms with E-state index < -0.39 is 5.91 Å². The Morgan fingerprint density at radius 1 is 0.969 bits per heavy atom. The maximum Gasteiger partial charge on any atom is 0.254 e. The van der Waals surface area contributed by atoms with Crippen molar-refractivity contribution in [3.8, 4) is 34.3 Å². The van der Waals surface area contributed by atoms with Crippen LogP contribution in [0, 0.1) is 18.3 Å².